The summed E-state index contributed by atoms with van der Waals surface area (Å²) in [5.74, 6) is 0.239. The van der Waals surface area contributed by atoms with Crippen molar-refractivity contribution in [3.05, 3.63) is 12.2 Å². The Bertz CT molecular complexity index is 161. The van der Waals surface area contributed by atoms with Gasteiger partial charge < -0.3 is 5.11 Å². The predicted octanol–water partition coefficient (Wildman–Crippen LogP) is 0.902. The summed E-state index contributed by atoms with van der Waals surface area (Å²) in [5, 5.41) is 9.09. The zero-order valence-corrected chi connectivity index (χ0v) is 6.08. The maximum Gasteiger partial charge on any atom is 0.133 e. The number of allylic oxidation sites excluding steroid dienone is 1. The quantitative estimate of drug-likeness (QED) is 0.549. The van der Waals surface area contributed by atoms with Crippen LogP contribution in [0.1, 0.15) is 19.8 Å². The fourth-order valence-electron chi connectivity index (χ4n) is 1.20. The summed E-state index contributed by atoms with van der Waals surface area (Å²) in [5.41, 5.74) is 0. The maximum absolute atomic E-state index is 10.8. The van der Waals surface area contributed by atoms with Crippen molar-refractivity contribution in [1.82, 2.24) is 0 Å². The lowest BCUT2D eigenvalue weighted by atomic mass is 9.90. The molecule has 1 rings (SSSR count). The van der Waals surface area contributed by atoms with Crippen LogP contribution in [0.5, 0.6) is 0 Å². The van der Waals surface area contributed by atoms with Crippen molar-refractivity contribution < 1.29 is 9.90 Å². The van der Waals surface area contributed by atoms with Crippen molar-refractivity contribution in [2.24, 2.45) is 5.92 Å². The molecule has 1 aliphatic carbocycles. The molecule has 0 aromatic rings. The smallest absolute Gasteiger partial charge is 0.133 e. The molecule has 0 fully saturated rings. The molecule has 0 amide bonds. The Hall–Kier alpha value is -0.630. The summed E-state index contributed by atoms with van der Waals surface area (Å²) in [6, 6.07) is 0. The van der Waals surface area contributed by atoms with E-state index in [1.165, 1.54) is 0 Å². The van der Waals surface area contributed by atoms with Gasteiger partial charge in [0.1, 0.15) is 5.78 Å². The van der Waals surface area contributed by atoms with Crippen LogP contribution in [0.25, 0.3) is 0 Å². The standard InChI is InChI=1S/C8H12O2/c1-6(9)7-3-2-4-8(10)5-7/h2,4,7-8,10H,3,5H2,1H3/t7-,8+/m1/s1. The fourth-order valence-corrected chi connectivity index (χ4v) is 1.20. The van der Waals surface area contributed by atoms with Gasteiger partial charge in [-0.1, -0.05) is 12.2 Å². The maximum atomic E-state index is 10.8. The van der Waals surface area contributed by atoms with Gasteiger partial charge in [0.25, 0.3) is 0 Å². The third-order valence-corrected chi connectivity index (χ3v) is 1.88. The van der Waals surface area contributed by atoms with Crippen LogP contribution in [0.2, 0.25) is 0 Å². The fraction of sp³-hybridized carbons (Fsp3) is 0.625. The number of aliphatic hydroxyl groups is 1. The van der Waals surface area contributed by atoms with E-state index in [0.29, 0.717) is 6.42 Å². The minimum Gasteiger partial charge on any atom is -0.389 e. The first-order chi connectivity index (χ1) is 4.70. The number of ketones is 1. The van der Waals surface area contributed by atoms with E-state index in [0.717, 1.165) is 6.42 Å². The molecule has 2 heteroatoms. The Labute approximate surface area is 60.6 Å². The van der Waals surface area contributed by atoms with Crippen LogP contribution >= 0.6 is 0 Å². The van der Waals surface area contributed by atoms with Crippen LogP contribution < -0.4 is 0 Å². The van der Waals surface area contributed by atoms with E-state index < -0.39 is 6.10 Å². The third-order valence-electron chi connectivity index (χ3n) is 1.88. The molecule has 2 atom stereocenters. The van der Waals surface area contributed by atoms with Crippen LogP contribution in [0.4, 0.5) is 0 Å². The average molecular weight is 140 g/mol. The van der Waals surface area contributed by atoms with E-state index in [4.69, 9.17) is 5.11 Å². The van der Waals surface area contributed by atoms with Crippen molar-refractivity contribution in [1.29, 1.82) is 0 Å². The Kier molecular flexibility index (Phi) is 2.22. The largest absolute Gasteiger partial charge is 0.389 e. The molecule has 2 nitrogen and oxygen atoms in total. The molecule has 0 heterocycles. The van der Waals surface area contributed by atoms with Gasteiger partial charge in [-0.05, 0) is 19.8 Å². The highest BCUT2D eigenvalue weighted by molar-refractivity contribution is 5.78. The average Bonchev–Trinajstić information content (AvgIpc) is 1.88. The summed E-state index contributed by atoms with van der Waals surface area (Å²) < 4.78 is 0. The zero-order valence-electron chi connectivity index (χ0n) is 6.08. The molecular weight excluding hydrogens is 128 g/mol. The summed E-state index contributed by atoms with van der Waals surface area (Å²) in [4.78, 5) is 10.8. The van der Waals surface area contributed by atoms with Gasteiger partial charge in [-0.15, -0.1) is 0 Å². The molecule has 1 aliphatic rings. The molecule has 0 radical (unpaired) electrons. The van der Waals surface area contributed by atoms with Crippen molar-refractivity contribution in [2.45, 2.75) is 25.9 Å². The SMILES string of the molecule is CC(=O)[C@@H]1CC=C[C@H](O)C1. The first kappa shape index (κ1) is 7.48. The summed E-state index contributed by atoms with van der Waals surface area (Å²) in [6.45, 7) is 1.58. The van der Waals surface area contributed by atoms with E-state index in [9.17, 15) is 4.79 Å². The van der Waals surface area contributed by atoms with Gasteiger partial charge in [-0.2, -0.15) is 0 Å². The molecule has 56 valence electrons. The number of carbonyl (C=O) groups excluding carboxylic acids is 1. The summed E-state index contributed by atoms with van der Waals surface area (Å²) in [6.07, 6.45) is 4.63. The van der Waals surface area contributed by atoms with E-state index in [-0.39, 0.29) is 11.7 Å². The van der Waals surface area contributed by atoms with Gasteiger partial charge in [0.05, 0.1) is 6.10 Å². The Morgan fingerprint density at radius 2 is 2.40 bits per heavy atom. The minimum absolute atomic E-state index is 0.0556. The van der Waals surface area contributed by atoms with Crippen molar-refractivity contribution >= 4 is 5.78 Å². The molecule has 10 heavy (non-hydrogen) atoms. The number of Topliss-reactive ketones (excluding diaryl/α,β-unsaturated/α-hetero) is 1. The highest BCUT2D eigenvalue weighted by Gasteiger charge is 2.18. The van der Waals surface area contributed by atoms with Gasteiger partial charge in [0.15, 0.2) is 0 Å². The highest BCUT2D eigenvalue weighted by Crippen LogP contribution is 2.18. The van der Waals surface area contributed by atoms with Crippen LogP contribution in [0.3, 0.4) is 0 Å². The van der Waals surface area contributed by atoms with E-state index >= 15 is 0 Å². The summed E-state index contributed by atoms with van der Waals surface area (Å²) in [7, 11) is 0. The molecule has 0 aromatic heterocycles. The number of carbonyl (C=O) groups is 1. The molecule has 0 bridgehead atoms. The molecule has 0 aromatic carbocycles. The van der Waals surface area contributed by atoms with Crippen molar-refractivity contribution in [3.63, 3.8) is 0 Å². The number of rotatable bonds is 1. The van der Waals surface area contributed by atoms with Gasteiger partial charge in [-0.25, -0.2) is 0 Å². The van der Waals surface area contributed by atoms with E-state index in [1.54, 1.807) is 13.0 Å². The van der Waals surface area contributed by atoms with Crippen LogP contribution in [-0.2, 0) is 4.79 Å². The van der Waals surface area contributed by atoms with Gasteiger partial charge in [0.2, 0.25) is 0 Å². The Morgan fingerprint density at radius 1 is 1.70 bits per heavy atom. The normalized spacial score (nSPS) is 32.2. The lowest BCUT2D eigenvalue weighted by Gasteiger charge is -2.18. The van der Waals surface area contributed by atoms with Crippen LogP contribution in [0.15, 0.2) is 12.2 Å². The minimum atomic E-state index is -0.400. The second-order valence-corrected chi connectivity index (χ2v) is 2.77. The molecule has 0 unspecified atom stereocenters. The zero-order chi connectivity index (χ0) is 7.56. The number of hydrogen-bond acceptors (Lipinski definition) is 2. The molecule has 0 saturated carbocycles. The van der Waals surface area contributed by atoms with Gasteiger partial charge in [0, 0.05) is 5.92 Å². The van der Waals surface area contributed by atoms with Gasteiger partial charge >= 0.3 is 0 Å². The lowest BCUT2D eigenvalue weighted by molar-refractivity contribution is -0.121. The van der Waals surface area contributed by atoms with Crippen molar-refractivity contribution in [3.8, 4) is 0 Å². The predicted molar refractivity (Wildman–Crippen MR) is 38.6 cm³/mol. The second kappa shape index (κ2) is 2.97. The topological polar surface area (TPSA) is 37.3 Å². The Morgan fingerprint density at radius 3 is 2.80 bits per heavy atom. The van der Waals surface area contributed by atoms with E-state index in [2.05, 4.69) is 0 Å². The number of hydrogen-bond donors (Lipinski definition) is 1. The van der Waals surface area contributed by atoms with Crippen LogP contribution in [-0.4, -0.2) is 17.0 Å². The van der Waals surface area contributed by atoms with Crippen LogP contribution in [0, 0.1) is 5.92 Å². The monoisotopic (exact) mass is 140 g/mol. The van der Waals surface area contributed by atoms with Gasteiger partial charge in [-0.3, -0.25) is 4.79 Å². The molecule has 0 saturated heterocycles. The van der Waals surface area contributed by atoms with E-state index in [1.807, 2.05) is 6.08 Å². The second-order valence-electron chi connectivity index (χ2n) is 2.77. The molecule has 0 spiro atoms. The van der Waals surface area contributed by atoms with Crippen molar-refractivity contribution in [2.75, 3.05) is 0 Å². The first-order valence-corrected chi connectivity index (χ1v) is 3.55. The molecule has 0 aliphatic heterocycles. The first-order valence-electron chi connectivity index (χ1n) is 3.55. The molecular formula is C8H12O2. The Balaban J connectivity index is 2.52. The molecule has 1 N–H and O–H groups in total. The summed E-state index contributed by atoms with van der Waals surface area (Å²) >= 11 is 0. The third kappa shape index (κ3) is 1.67. The number of aliphatic hydroxyl groups excluding tert-OH is 1. The highest BCUT2D eigenvalue weighted by atomic mass is 16.3. The lowest BCUT2D eigenvalue weighted by Crippen LogP contribution is -2.20.